The average molecular weight is 559 g/mol. The van der Waals surface area contributed by atoms with E-state index >= 15 is 0 Å². The number of aromatic nitrogens is 6. The minimum Gasteiger partial charge on any atom is -0.382 e. The van der Waals surface area contributed by atoms with E-state index in [9.17, 15) is 9.59 Å². The van der Waals surface area contributed by atoms with Crippen molar-refractivity contribution in [2.45, 2.75) is 45.1 Å². The number of nitrogens with one attached hydrogen (secondary N) is 2. The molecule has 2 fully saturated rings. The molecule has 1 aliphatic carbocycles. The van der Waals surface area contributed by atoms with Crippen LogP contribution in [0.1, 0.15) is 65.8 Å². The number of morpholine rings is 1. The highest BCUT2D eigenvalue weighted by Crippen LogP contribution is 2.40. The van der Waals surface area contributed by atoms with Gasteiger partial charge in [-0.15, -0.1) is 0 Å². The minimum absolute atomic E-state index is 0.107. The predicted molar refractivity (Wildman–Crippen MR) is 153 cm³/mol. The highest BCUT2D eigenvalue weighted by molar-refractivity contribution is 6.15. The summed E-state index contributed by atoms with van der Waals surface area (Å²) < 4.78 is 8.96. The quantitative estimate of drug-likeness (QED) is 0.263. The summed E-state index contributed by atoms with van der Waals surface area (Å²) in [6, 6.07) is 4.89. The molecule has 4 aromatic rings. The van der Waals surface area contributed by atoms with Crippen molar-refractivity contribution in [3.05, 3.63) is 59.4 Å². The fourth-order valence-corrected chi connectivity index (χ4v) is 5.09. The Labute approximate surface area is 237 Å². The summed E-state index contributed by atoms with van der Waals surface area (Å²) in [4.78, 5) is 37.2. The van der Waals surface area contributed by atoms with Crippen LogP contribution in [-0.4, -0.2) is 78.9 Å². The van der Waals surface area contributed by atoms with Crippen LogP contribution in [0.3, 0.4) is 0 Å². The topological polar surface area (TPSA) is 158 Å². The van der Waals surface area contributed by atoms with E-state index in [0.29, 0.717) is 40.6 Å². The molecule has 0 bridgehead atoms. The molecule has 1 saturated heterocycles. The van der Waals surface area contributed by atoms with Gasteiger partial charge >= 0.3 is 6.03 Å². The highest BCUT2D eigenvalue weighted by atomic mass is 16.5. The van der Waals surface area contributed by atoms with E-state index in [2.05, 4.69) is 30.6 Å². The SMILES string of the molecule is CC(C)c1cc(C(=O)c2cncc(NC(=O)Nc3cc(C4CC4)nn3CCN3CCOCC3)c2)c2c(N)ncnn12. The number of carbonyl (C=O) groups excluding carboxylic acids is 2. The summed E-state index contributed by atoms with van der Waals surface area (Å²) in [6.45, 7) is 8.75. The third-order valence-electron chi connectivity index (χ3n) is 7.47. The van der Waals surface area contributed by atoms with Gasteiger partial charge in [-0.05, 0) is 30.9 Å². The monoisotopic (exact) mass is 558 g/mol. The predicted octanol–water partition coefficient (Wildman–Crippen LogP) is 3.11. The van der Waals surface area contributed by atoms with Crippen LogP contribution >= 0.6 is 0 Å². The van der Waals surface area contributed by atoms with Crippen LogP contribution in [0.5, 0.6) is 0 Å². The van der Waals surface area contributed by atoms with Gasteiger partial charge in [0.2, 0.25) is 0 Å². The number of amides is 2. The van der Waals surface area contributed by atoms with Crippen LogP contribution < -0.4 is 16.4 Å². The third-order valence-corrected chi connectivity index (χ3v) is 7.47. The number of pyridine rings is 1. The van der Waals surface area contributed by atoms with E-state index in [1.54, 1.807) is 16.6 Å². The molecule has 5 heterocycles. The minimum atomic E-state index is -0.444. The lowest BCUT2D eigenvalue weighted by Gasteiger charge is -2.26. The van der Waals surface area contributed by atoms with Crippen molar-refractivity contribution in [1.29, 1.82) is 0 Å². The van der Waals surface area contributed by atoms with Crippen molar-refractivity contribution in [2.75, 3.05) is 49.2 Å². The van der Waals surface area contributed by atoms with Gasteiger partial charge in [0, 0.05) is 49.1 Å². The first kappa shape index (κ1) is 26.8. The maximum Gasteiger partial charge on any atom is 0.324 e. The molecule has 214 valence electrons. The van der Waals surface area contributed by atoms with Crippen molar-refractivity contribution >= 4 is 34.7 Å². The average Bonchev–Trinajstić information content (AvgIpc) is 3.62. The van der Waals surface area contributed by atoms with Crippen LogP contribution in [0.2, 0.25) is 0 Å². The van der Waals surface area contributed by atoms with E-state index in [1.807, 2.05) is 24.6 Å². The molecular formula is C28H34N10O3. The lowest BCUT2D eigenvalue weighted by Crippen LogP contribution is -2.38. The zero-order valence-electron chi connectivity index (χ0n) is 23.2. The van der Waals surface area contributed by atoms with Gasteiger partial charge < -0.3 is 15.8 Å². The molecule has 0 aromatic carbocycles. The summed E-state index contributed by atoms with van der Waals surface area (Å²) in [6.07, 6.45) is 6.57. The summed E-state index contributed by atoms with van der Waals surface area (Å²) in [5.41, 5.74) is 9.50. The van der Waals surface area contributed by atoms with E-state index < -0.39 is 6.03 Å². The van der Waals surface area contributed by atoms with Crippen molar-refractivity contribution in [2.24, 2.45) is 0 Å². The molecule has 2 amide bonds. The van der Waals surface area contributed by atoms with Crippen LogP contribution in [-0.2, 0) is 11.3 Å². The van der Waals surface area contributed by atoms with Gasteiger partial charge in [0.15, 0.2) is 11.6 Å². The van der Waals surface area contributed by atoms with Crippen LogP contribution in [0.4, 0.5) is 22.1 Å². The van der Waals surface area contributed by atoms with E-state index in [-0.39, 0.29) is 17.5 Å². The highest BCUT2D eigenvalue weighted by Gasteiger charge is 2.28. The Kier molecular flexibility index (Phi) is 7.37. The Morgan fingerprint density at radius 1 is 1.10 bits per heavy atom. The maximum atomic E-state index is 13.6. The molecule has 1 aliphatic heterocycles. The fraction of sp³-hybridized carbons (Fsp3) is 0.429. The molecule has 4 N–H and O–H groups in total. The molecule has 6 rings (SSSR count). The Hall–Kier alpha value is -4.36. The van der Waals surface area contributed by atoms with E-state index in [1.165, 1.54) is 18.7 Å². The third kappa shape index (κ3) is 5.77. The first-order valence-electron chi connectivity index (χ1n) is 13.9. The Balaban J connectivity index is 1.18. The van der Waals surface area contributed by atoms with Gasteiger partial charge in [0.05, 0.1) is 42.9 Å². The Bertz CT molecular complexity index is 1580. The maximum absolute atomic E-state index is 13.6. The van der Waals surface area contributed by atoms with Crippen LogP contribution in [0, 0.1) is 0 Å². The van der Waals surface area contributed by atoms with Crippen molar-refractivity contribution in [3.8, 4) is 0 Å². The number of ketones is 1. The molecule has 2 aliphatic rings. The molecule has 0 spiro atoms. The number of nitrogens with two attached hydrogens (primary N) is 1. The zero-order chi connectivity index (χ0) is 28.5. The molecule has 13 heteroatoms. The zero-order valence-corrected chi connectivity index (χ0v) is 23.2. The summed E-state index contributed by atoms with van der Waals surface area (Å²) >= 11 is 0. The second kappa shape index (κ2) is 11.3. The fourth-order valence-electron chi connectivity index (χ4n) is 5.09. The smallest absolute Gasteiger partial charge is 0.324 e. The number of nitrogen functional groups attached to an aromatic ring is 1. The molecule has 13 nitrogen and oxygen atoms in total. The Morgan fingerprint density at radius 3 is 2.66 bits per heavy atom. The molecular weight excluding hydrogens is 524 g/mol. The molecule has 0 radical (unpaired) electrons. The first-order chi connectivity index (χ1) is 19.9. The molecule has 4 aromatic heterocycles. The van der Waals surface area contributed by atoms with Crippen molar-refractivity contribution in [1.82, 2.24) is 34.3 Å². The van der Waals surface area contributed by atoms with Crippen LogP contribution in [0.25, 0.3) is 5.52 Å². The normalized spacial score (nSPS) is 15.9. The number of fused-ring (bicyclic) bond motifs is 1. The standard InChI is InChI=1S/C28H34N10O3/c1-17(2)23-12-21(25-27(29)31-16-32-38(23)25)26(39)19-11-20(15-30-14-19)33-28(40)34-24-13-22(18-3-4-18)35-37(24)6-5-36-7-9-41-10-8-36/h11-18H,3-10H2,1-2H3,(H2,29,31,32)(H2,33,34,40). The number of anilines is 3. The number of hydrogen-bond donors (Lipinski definition) is 3. The van der Waals surface area contributed by atoms with Gasteiger partial charge in [-0.3, -0.25) is 20.0 Å². The number of urea groups is 1. The lowest BCUT2D eigenvalue weighted by atomic mass is 10.0. The molecule has 41 heavy (non-hydrogen) atoms. The molecule has 1 saturated carbocycles. The van der Waals surface area contributed by atoms with Crippen molar-refractivity contribution in [3.63, 3.8) is 0 Å². The van der Waals surface area contributed by atoms with Crippen LogP contribution in [0.15, 0.2) is 36.9 Å². The summed E-state index contributed by atoms with van der Waals surface area (Å²) in [7, 11) is 0. The number of ether oxygens (including phenoxy) is 1. The van der Waals surface area contributed by atoms with E-state index in [0.717, 1.165) is 57.1 Å². The van der Waals surface area contributed by atoms with Gasteiger partial charge in [-0.25, -0.2) is 19.0 Å². The molecule has 0 unspecified atom stereocenters. The molecule has 0 atom stereocenters. The number of nitrogens with zero attached hydrogens (tertiary/aromatic N) is 7. The Morgan fingerprint density at radius 2 is 1.90 bits per heavy atom. The van der Waals surface area contributed by atoms with Crippen molar-refractivity contribution < 1.29 is 14.3 Å². The van der Waals surface area contributed by atoms with Gasteiger partial charge in [0.25, 0.3) is 0 Å². The second-order valence-corrected chi connectivity index (χ2v) is 10.8. The summed E-state index contributed by atoms with van der Waals surface area (Å²) in [5, 5.41) is 14.8. The summed E-state index contributed by atoms with van der Waals surface area (Å²) in [5.74, 6) is 1.12. The van der Waals surface area contributed by atoms with Gasteiger partial charge in [-0.1, -0.05) is 13.8 Å². The van der Waals surface area contributed by atoms with Gasteiger partial charge in [0.1, 0.15) is 17.7 Å². The second-order valence-electron chi connectivity index (χ2n) is 10.8. The number of carbonyl (C=O) groups is 2. The van der Waals surface area contributed by atoms with E-state index in [4.69, 9.17) is 15.6 Å². The largest absolute Gasteiger partial charge is 0.382 e. The number of rotatable bonds is 9. The van der Waals surface area contributed by atoms with Gasteiger partial charge in [-0.2, -0.15) is 10.2 Å². The first-order valence-corrected chi connectivity index (χ1v) is 13.9. The lowest BCUT2D eigenvalue weighted by molar-refractivity contribution is 0.0360. The number of hydrogen-bond acceptors (Lipinski definition) is 9.